The molecule has 2 aliphatic carbocycles. The number of rotatable bonds is 6. The fraction of sp³-hybridized carbons (Fsp3) is 0.850. The van der Waals surface area contributed by atoms with Crippen LogP contribution in [0.2, 0.25) is 18.1 Å². The molecule has 2 fully saturated rings. The number of ketones is 1. The first-order valence-electron chi connectivity index (χ1n) is 9.51. The topological polar surface area (TPSA) is 38.8 Å². The van der Waals surface area contributed by atoms with Gasteiger partial charge >= 0.3 is 0 Å². The lowest BCUT2D eigenvalue weighted by atomic mass is 9.76. The average Bonchev–Trinajstić information content (AvgIpc) is 3.11. The van der Waals surface area contributed by atoms with Crippen molar-refractivity contribution in [2.45, 2.75) is 89.6 Å². The van der Waals surface area contributed by atoms with E-state index < -0.39 is 8.32 Å². The van der Waals surface area contributed by atoms with Crippen LogP contribution in [0.15, 0.2) is 12.2 Å². The maximum atomic E-state index is 11.9. The number of ether oxygens (including phenoxy) is 1. The van der Waals surface area contributed by atoms with Gasteiger partial charge in [0.15, 0.2) is 14.1 Å². The minimum atomic E-state index is -1.81. The van der Waals surface area contributed by atoms with E-state index in [0.29, 0.717) is 5.78 Å². The van der Waals surface area contributed by atoms with Crippen molar-refractivity contribution in [3.05, 3.63) is 12.2 Å². The van der Waals surface area contributed by atoms with E-state index in [-0.39, 0.29) is 28.1 Å². The molecule has 3 rings (SSSR count). The summed E-state index contributed by atoms with van der Waals surface area (Å²) < 4.78 is 12.5. The van der Waals surface area contributed by atoms with Crippen LogP contribution in [0.4, 0.5) is 0 Å². The lowest BCUT2D eigenvalue weighted by Gasteiger charge is -2.41. The van der Waals surface area contributed by atoms with Gasteiger partial charge in [-0.05, 0) is 68.7 Å². The summed E-state index contributed by atoms with van der Waals surface area (Å²) in [6, 6.07) is 0. The lowest BCUT2D eigenvalue weighted by Crippen LogP contribution is -2.48. The average molecular weight is 351 g/mol. The molecule has 4 atom stereocenters. The van der Waals surface area contributed by atoms with E-state index in [9.17, 15) is 4.79 Å². The summed E-state index contributed by atoms with van der Waals surface area (Å²) in [7, 11) is -1.81. The van der Waals surface area contributed by atoms with Crippen LogP contribution in [0.1, 0.15) is 59.8 Å². The fourth-order valence-corrected chi connectivity index (χ4v) is 5.43. The smallest absolute Gasteiger partial charge is 0.192 e. The second kappa shape index (κ2) is 5.78. The van der Waals surface area contributed by atoms with Crippen molar-refractivity contribution in [1.82, 2.24) is 0 Å². The third-order valence-corrected chi connectivity index (χ3v) is 11.6. The van der Waals surface area contributed by atoms with Crippen LogP contribution >= 0.6 is 0 Å². The van der Waals surface area contributed by atoms with Gasteiger partial charge in [0.25, 0.3) is 0 Å². The molecule has 0 aromatic carbocycles. The molecule has 0 spiro atoms. The van der Waals surface area contributed by atoms with Gasteiger partial charge in [-0.3, -0.25) is 4.79 Å². The predicted molar refractivity (Wildman–Crippen MR) is 99.6 cm³/mol. The third kappa shape index (κ3) is 3.42. The molecule has 3 nitrogen and oxygen atoms in total. The van der Waals surface area contributed by atoms with E-state index in [2.05, 4.69) is 46.9 Å². The minimum Gasteiger partial charge on any atom is -0.411 e. The Bertz CT molecular complexity index is 542. The summed E-state index contributed by atoms with van der Waals surface area (Å²) in [4.78, 5) is 11.9. The largest absolute Gasteiger partial charge is 0.411 e. The third-order valence-electron chi connectivity index (χ3n) is 7.08. The first kappa shape index (κ1) is 18.3. The highest BCUT2D eigenvalue weighted by Gasteiger charge is 2.52. The summed E-state index contributed by atoms with van der Waals surface area (Å²) in [6.07, 6.45) is 9.65. The minimum absolute atomic E-state index is 0.0988. The molecule has 136 valence electrons. The first-order valence-corrected chi connectivity index (χ1v) is 12.4. The summed E-state index contributed by atoms with van der Waals surface area (Å²) in [5.41, 5.74) is 0.136. The van der Waals surface area contributed by atoms with Crippen molar-refractivity contribution in [3.63, 3.8) is 0 Å². The van der Waals surface area contributed by atoms with Crippen LogP contribution in [0.25, 0.3) is 0 Å². The van der Waals surface area contributed by atoms with Crippen LogP contribution in [-0.2, 0) is 14.0 Å². The maximum Gasteiger partial charge on any atom is 0.192 e. The molecule has 1 aliphatic heterocycles. The number of hydrogen-bond donors (Lipinski definition) is 0. The molecule has 1 saturated heterocycles. The molecule has 2 bridgehead atoms. The van der Waals surface area contributed by atoms with E-state index in [4.69, 9.17) is 9.16 Å². The highest BCUT2D eigenvalue weighted by Crippen LogP contribution is 2.51. The summed E-state index contributed by atoms with van der Waals surface area (Å²) in [6.45, 7) is 14.5. The Kier molecular flexibility index (Phi) is 4.42. The summed E-state index contributed by atoms with van der Waals surface area (Å²) in [5.74, 6) is 0.622. The zero-order valence-electron chi connectivity index (χ0n) is 16.3. The van der Waals surface area contributed by atoms with Crippen LogP contribution < -0.4 is 0 Å². The van der Waals surface area contributed by atoms with Gasteiger partial charge in [-0.25, -0.2) is 0 Å². The Labute approximate surface area is 148 Å². The van der Waals surface area contributed by atoms with Crippen LogP contribution in [0, 0.1) is 11.3 Å². The van der Waals surface area contributed by atoms with Gasteiger partial charge < -0.3 is 9.16 Å². The first-order chi connectivity index (χ1) is 11.0. The normalized spacial score (nSPS) is 36.9. The number of allylic oxidation sites excluding steroid dienone is 2. The standard InChI is InChI=1S/C20H34O3Si/c1-18(2,3)24(5,6)23-17(19(4)14-22-19)9-12-20-10-7-15(13-20)16(21)8-11-20/h8,11,15,17H,7,9-10,12-14H2,1-6H3/t15-,17-,19?,20-/m0/s1. The van der Waals surface area contributed by atoms with Gasteiger partial charge in [0.05, 0.1) is 12.7 Å². The molecule has 1 saturated carbocycles. The zero-order chi connectivity index (χ0) is 17.8. The van der Waals surface area contributed by atoms with E-state index in [1.807, 2.05) is 6.08 Å². The highest BCUT2D eigenvalue weighted by molar-refractivity contribution is 6.74. The van der Waals surface area contributed by atoms with Crippen molar-refractivity contribution >= 4 is 14.1 Å². The molecule has 24 heavy (non-hydrogen) atoms. The molecule has 4 heteroatoms. The van der Waals surface area contributed by atoms with E-state index >= 15 is 0 Å². The number of carbonyl (C=O) groups is 1. The Morgan fingerprint density at radius 3 is 2.67 bits per heavy atom. The molecule has 0 aromatic rings. The molecular weight excluding hydrogens is 316 g/mol. The fourth-order valence-electron chi connectivity index (χ4n) is 4.00. The van der Waals surface area contributed by atoms with Crippen LogP contribution in [-0.4, -0.2) is 32.4 Å². The molecule has 1 unspecified atom stereocenters. The number of fused-ring (bicyclic) bond motifs is 2. The number of hydrogen-bond acceptors (Lipinski definition) is 3. The second-order valence-electron chi connectivity index (χ2n) is 10.0. The molecule has 0 amide bonds. The predicted octanol–water partition coefficient (Wildman–Crippen LogP) is 4.87. The van der Waals surface area contributed by atoms with Gasteiger partial charge in [-0.15, -0.1) is 0 Å². The molecule has 0 N–H and O–H groups in total. The van der Waals surface area contributed by atoms with Gasteiger partial charge in [0, 0.05) is 5.92 Å². The lowest BCUT2D eigenvalue weighted by molar-refractivity contribution is -0.118. The summed E-state index contributed by atoms with van der Waals surface area (Å²) >= 11 is 0. The summed E-state index contributed by atoms with van der Waals surface area (Å²) in [5, 5.41) is 0.213. The van der Waals surface area contributed by atoms with Gasteiger partial charge in [0.2, 0.25) is 0 Å². The molecule has 0 radical (unpaired) electrons. The van der Waals surface area contributed by atoms with Crippen molar-refractivity contribution in [2.75, 3.05) is 6.61 Å². The quantitative estimate of drug-likeness (QED) is 0.506. The number of carbonyl (C=O) groups excluding carboxylic acids is 1. The Balaban J connectivity index is 1.68. The molecule has 0 aromatic heterocycles. The van der Waals surface area contributed by atoms with Crippen molar-refractivity contribution in [2.24, 2.45) is 11.3 Å². The highest BCUT2D eigenvalue weighted by atomic mass is 28.4. The zero-order valence-corrected chi connectivity index (χ0v) is 17.3. The number of epoxide rings is 1. The SMILES string of the molecule is CC1([C@H](CC[C@@]23C=CC(=O)[C@@H](CC2)C3)O[Si](C)(C)C(C)(C)C)CO1. The van der Waals surface area contributed by atoms with Gasteiger partial charge in [-0.2, -0.15) is 0 Å². The Hall–Kier alpha value is -0.453. The molecule has 3 aliphatic rings. The van der Waals surface area contributed by atoms with E-state index in [0.717, 1.165) is 38.7 Å². The Morgan fingerprint density at radius 2 is 2.08 bits per heavy atom. The Morgan fingerprint density at radius 1 is 1.42 bits per heavy atom. The van der Waals surface area contributed by atoms with E-state index in [1.54, 1.807) is 0 Å². The van der Waals surface area contributed by atoms with Gasteiger partial charge in [0.1, 0.15) is 5.60 Å². The maximum absolute atomic E-state index is 11.9. The molecular formula is C20H34O3Si. The van der Waals surface area contributed by atoms with Crippen molar-refractivity contribution in [1.29, 1.82) is 0 Å². The van der Waals surface area contributed by atoms with Gasteiger partial charge in [-0.1, -0.05) is 26.8 Å². The van der Waals surface area contributed by atoms with Crippen molar-refractivity contribution < 1.29 is 14.0 Å². The van der Waals surface area contributed by atoms with Crippen molar-refractivity contribution in [3.8, 4) is 0 Å². The van der Waals surface area contributed by atoms with Crippen LogP contribution in [0.3, 0.4) is 0 Å². The van der Waals surface area contributed by atoms with Crippen LogP contribution in [0.5, 0.6) is 0 Å². The second-order valence-corrected chi connectivity index (χ2v) is 14.8. The monoisotopic (exact) mass is 350 g/mol. The van der Waals surface area contributed by atoms with E-state index in [1.165, 1.54) is 0 Å². The molecule has 1 heterocycles.